The number of carboxylic acids is 1. The number of rotatable bonds is 15. The van der Waals surface area contributed by atoms with Crippen molar-refractivity contribution in [1.82, 2.24) is 37.2 Å². The zero-order valence-electron chi connectivity index (χ0n) is 37.4. The third kappa shape index (κ3) is 16.1. The third-order valence-corrected chi connectivity index (χ3v) is 10.5. The Hall–Kier alpha value is -7.25. The van der Waals surface area contributed by atoms with Crippen LogP contribution in [0.5, 0.6) is 11.5 Å². The minimum Gasteiger partial charge on any atom is -0.508 e. The van der Waals surface area contributed by atoms with Crippen LogP contribution in [0.15, 0.2) is 72.0 Å². The van der Waals surface area contributed by atoms with Gasteiger partial charge in [0, 0.05) is 18.4 Å². The molecule has 20 nitrogen and oxygen atoms in total. The van der Waals surface area contributed by atoms with Gasteiger partial charge in [0.05, 0.1) is 0 Å². The molecule has 0 aliphatic carbocycles. The molecular formula is C45H59N7O13. The maximum Gasteiger partial charge on any atom is 0.329 e. The van der Waals surface area contributed by atoms with Gasteiger partial charge in [-0.2, -0.15) is 0 Å². The minimum atomic E-state index is -1.78. The molecule has 0 bridgehead atoms. The lowest BCUT2D eigenvalue weighted by atomic mass is 10.00. The Morgan fingerprint density at radius 1 is 0.769 bits per heavy atom. The van der Waals surface area contributed by atoms with Gasteiger partial charge in [-0.3, -0.25) is 38.4 Å². The van der Waals surface area contributed by atoms with Crippen LogP contribution < -0.4 is 37.2 Å². The van der Waals surface area contributed by atoms with Crippen molar-refractivity contribution in [3.8, 4) is 11.5 Å². The summed E-state index contributed by atoms with van der Waals surface area (Å²) >= 11 is 0. The van der Waals surface area contributed by atoms with Crippen molar-refractivity contribution < 1.29 is 63.2 Å². The molecule has 3 rings (SSSR count). The first-order valence-electron chi connectivity index (χ1n) is 21.0. The number of phenols is 2. The largest absolute Gasteiger partial charge is 0.508 e. The van der Waals surface area contributed by atoms with E-state index < -0.39 is 114 Å². The fourth-order valence-electron chi connectivity index (χ4n) is 6.38. The number of esters is 1. The van der Waals surface area contributed by atoms with Crippen LogP contribution in [-0.4, -0.2) is 111 Å². The number of allylic oxidation sites excluding steroid dienone is 2. The Balaban J connectivity index is 2.09. The summed E-state index contributed by atoms with van der Waals surface area (Å²) in [5.74, 6) is -9.11. The molecule has 7 amide bonds. The number of hydrogen-bond acceptors (Lipinski definition) is 12. The predicted molar refractivity (Wildman–Crippen MR) is 234 cm³/mol. The summed E-state index contributed by atoms with van der Waals surface area (Å²) in [4.78, 5) is 121. The van der Waals surface area contributed by atoms with Gasteiger partial charge in [-0.25, -0.2) is 4.79 Å². The first-order valence-corrected chi connectivity index (χ1v) is 21.0. The number of carbonyl (C=O) groups excluding carboxylic acids is 8. The first kappa shape index (κ1) is 52.1. The number of carboxylic acid groups (broad SMARTS) is 1. The molecule has 2 aromatic carbocycles. The van der Waals surface area contributed by atoms with Gasteiger partial charge in [-0.05, 0) is 95.2 Å². The summed E-state index contributed by atoms with van der Waals surface area (Å²) in [6, 6.07) is 2.91. The van der Waals surface area contributed by atoms with Crippen LogP contribution in [0.3, 0.4) is 0 Å². The quantitative estimate of drug-likeness (QED) is 0.0869. The molecular weight excluding hydrogens is 847 g/mol. The molecule has 10 N–H and O–H groups in total. The number of ether oxygens (including phenoxy) is 1. The molecule has 1 aliphatic rings. The van der Waals surface area contributed by atoms with Crippen molar-refractivity contribution in [1.29, 1.82) is 0 Å². The smallest absolute Gasteiger partial charge is 0.329 e. The van der Waals surface area contributed by atoms with E-state index >= 15 is 0 Å². The van der Waals surface area contributed by atoms with Gasteiger partial charge in [0.15, 0.2) is 0 Å². The number of hydrogen-bond donors (Lipinski definition) is 10. The molecule has 0 saturated carbocycles. The average Bonchev–Trinajstić information content (AvgIpc) is 3.25. The highest BCUT2D eigenvalue weighted by atomic mass is 16.5. The molecule has 0 spiro atoms. The highest BCUT2D eigenvalue weighted by molar-refractivity contribution is 6.02. The van der Waals surface area contributed by atoms with Crippen molar-refractivity contribution in [2.45, 2.75) is 123 Å². The van der Waals surface area contributed by atoms with Crippen LogP contribution in [-0.2, 0) is 60.7 Å². The van der Waals surface area contributed by atoms with Crippen LogP contribution in [0.4, 0.5) is 0 Å². The number of nitrogens with one attached hydrogen (secondary N) is 7. The van der Waals surface area contributed by atoms with Gasteiger partial charge in [-0.15, -0.1) is 0 Å². The number of phenolic OH excluding ortho intramolecular Hbond substituents is 2. The van der Waals surface area contributed by atoms with E-state index in [1.165, 1.54) is 63.2 Å². The topological polar surface area (TPSA) is 308 Å². The number of aryl methyl sites for hydroxylation is 1. The summed E-state index contributed by atoms with van der Waals surface area (Å²) < 4.78 is 5.77. The average molecular weight is 906 g/mol. The van der Waals surface area contributed by atoms with Crippen molar-refractivity contribution in [3.05, 3.63) is 83.1 Å². The maximum absolute atomic E-state index is 14.4. The highest BCUT2D eigenvalue weighted by Crippen LogP contribution is 2.16. The van der Waals surface area contributed by atoms with Gasteiger partial charge in [-0.1, -0.05) is 50.3 Å². The van der Waals surface area contributed by atoms with Crippen LogP contribution in [0.1, 0.15) is 78.9 Å². The molecule has 2 aromatic rings. The van der Waals surface area contributed by atoms with Gasteiger partial charge in [0.2, 0.25) is 35.4 Å². The van der Waals surface area contributed by atoms with Gasteiger partial charge < -0.3 is 57.3 Å². The van der Waals surface area contributed by atoms with Crippen LogP contribution >= 0.6 is 0 Å². The van der Waals surface area contributed by atoms with E-state index in [9.17, 15) is 58.5 Å². The van der Waals surface area contributed by atoms with Crippen molar-refractivity contribution >= 4 is 53.3 Å². The number of carbonyl (C=O) groups is 9. The van der Waals surface area contributed by atoms with Crippen LogP contribution in [0.2, 0.25) is 0 Å². The molecule has 65 heavy (non-hydrogen) atoms. The second kappa shape index (κ2) is 24.6. The Morgan fingerprint density at radius 3 is 1.92 bits per heavy atom. The van der Waals surface area contributed by atoms with Crippen LogP contribution in [0, 0.1) is 5.92 Å². The van der Waals surface area contributed by atoms with E-state index in [4.69, 9.17) is 4.74 Å². The molecule has 7 atom stereocenters. The predicted octanol–water partition coefficient (Wildman–Crippen LogP) is 0.654. The van der Waals surface area contributed by atoms with Crippen LogP contribution in [0.25, 0.3) is 0 Å². The lowest BCUT2D eigenvalue weighted by Crippen LogP contribution is -2.62. The molecule has 1 aliphatic heterocycles. The van der Waals surface area contributed by atoms with Gasteiger partial charge in [0.1, 0.15) is 59.6 Å². The lowest BCUT2D eigenvalue weighted by molar-refractivity contribution is -0.156. The third-order valence-electron chi connectivity index (χ3n) is 10.5. The lowest BCUT2D eigenvalue weighted by Gasteiger charge is -2.30. The molecule has 20 heteroatoms. The molecule has 1 fully saturated rings. The number of aliphatic carboxylic acids is 1. The van der Waals surface area contributed by atoms with E-state index in [1.54, 1.807) is 45.9 Å². The standard InChI is InChI=1S/C45H59N7O13/c1-8-24(5)38(57)51-36(23(3)4)43(62)50-34(22-28-12-17-30(54)18-13-28)42(61)52-37-26(7)65-45(64)33(19-14-27-10-15-29(53)16-11-27)49-41(60)32(20-21-35(55)56)48-40(59)31(9-2)47-39(58)25(6)46-44(37)63/h8-13,15-18,23,25-26,32-34,36-37,53-54H,14,19-22H2,1-7H3,(H,46,63)(H,47,58)(H,48,59)(H,49,60)(H,50,62)(H,51,57)(H,52,61)(H,55,56)/b24-8+,31-9-/t25-,26+,32+,33-,34+,36-,37-/m0/s1. The summed E-state index contributed by atoms with van der Waals surface area (Å²) in [6.07, 6.45) is 0.0121. The molecule has 352 valence electrons. The van der Waals surface area contributed by atoms with Crippen molar-refractivity contribution in [2.24, 2.45) is 5.92 Å². The number of cyclic esters (lactones) is 1. The Labute approximate surface area is 376 Å². The number of aromatic hydroxyl groups is 2. The minimum absolute atomic E-state index is 0.0229. The SMILES string of the molecule is C/C=C1\NC(=O)[C@H](C)NC(=O)[C@@H](NC(=O)[C@@H](Cc2ccc(O)cc2)NC(=O)[C@@H](NC(=O)/C(C)=C/C)C(C)C)[C@@H](C)OC(=O)[C@H](CCc2ccc(O)cc2)NC(=O)[C@@H](CCC(=O)O)NC1=O. The summed E-state index contributed by atoms with van der Waals surface area (Å²) in [5, 5.41) is 46.7. The van der Waals surface area contributed by atoms with E-state index in [2.05, 4.69) is 37.2 Å². The summed E-state index contributed by atoms with van der Waals surface area (Å²) in [7, 11) is 0. The van der Waals surface area contributed by atoms with Gasteiger partial charge in [0.25, 0.3) is 5.91 Å². The van der Waals surface area contributed by atoms with Crippen molar-refractivity contribution in [3.63, 3.8) is 0 Å². The normalized spacial score (nSPS) is 21.7. The first-order chi connectivity index (χ1) is 30.6. The molecule has 0 aromatic heterocycles. The Bertz CT molecular complexity index is 2140. The number of benzene rings is 2. The maximum atomic E-state index is 14.4. The zero-order chi connectivity index (χ0) is 48.5. The molecule has 1 heterocycles. The molecule has 0 radical (unpaired) electrons. The van der Waals surface area contributed by atoms with E-state index in [0.717, 1.165) is 0 Å². The zero-order valence-corrected chi connectivity index (χ0v) is 37.4. The fourth-order valence-corrected chi connectivity index (χ4v) is 6.38. The second-order valence-electron chi connectivity index (χ2n) is 15.9. The van der Waals surface area contributed by atoms with E-state index in [-0.39, 0.29) is 36.5 Å². The number of amides is 7. The monoisotopic (exact) mass is 905 g/mol. The molecule has 0 unspecified atom stereocenters. The summed E-state index contributed by atoms with van der Waals surface area (Å²) in [6.45, 7) is 10.5. The van der Waals surface area contributed by atoms with E-state index in [1.807, 2.05) is 0 Å². The fraction of sp³-hybridized carbons (Fsp3) is 0.444. The molecule has 1 saturated heterocycles. The Kier molecular flexibility index (Phi) is 19.7. The summed E-state index contributed by atoms with van der Waals surface area (Å²) in [5.41, 5.74) is 1.07. The van der Waals surface area contributed by atoms with Crippen molar-refractivity contribution in [2.75, 3.05) is 0 Å². The van der Waals surface area contributed by atoms with Gasteiger partial charge >= 0.3 is 11.9 Å². The van der Waals surface area contributed by atoms with E-state index in [0.29, 0.717) is 16.7 Å². The second-order valence-corrected chi connectivity index (χ2v) is 15.9. The Morgan fingerprint density at radius 2 is 1.37 bits per heavy atom. The highest BCUT2D eigenvalue weighted by Gasteiger charge is 2.38.